The van der Waals surface area contributed by atoms with E-state index in [0.29, 0.717) is 0 Å². The number of aryl methyl sites for hydroxylation is 2. The number of hydrogen-bond donors (Lipinski definition) is 0. The molecular weight excluding hydrogens is 340 g/mol. The zero-order chi connectivity index (χ0) is 18.6. The van der Waals surface area contributed by atoms with Crippen molar-refractivity contribution >= 4 is 0 Å². The molecule has 0 aliphatic carbocycles. The van der Waals surface area contributed by atoms with Crippen LogP contribution in [0.3, 0.4) is 0 Å². The number of aromatic nitrogens is 5. The maximum Gasteiger partial charge on any atom is 0.182 e. The van der Waals surface area contributed by atoms with Crippen LogP contribution in [0.5, 0.6) is 0 Å². The molecule has 2 aromatic heterocycles. The van der Waals surface area contributed by atoms with E-state index in [0.717, 1.165) is 73.6 Å². The van der Waals surface area contributed by atoms with Crippen molar-refractivity contribution in [3.63, 3.8) is 0 Å². The molecule has 0 saturated carbocycles. The molecule has 3 aromatic rings. The summed E-state index contributed by atoms with van der Waals surface area (Å²) < 4.78 is 7.41. The molecule has 140 valence electrons. The summed E-state index contributed by atoms with van der Waals surface area (Å²) in [4.78, 5) is 16.1. The van der Waals surface area contributed by atoms with Crippen molar-refractivity contribution in [1.82, 2.24) is 29.6 Å². The normalized spacial score (nSPS) is 15.2. The maximum absolute atomic E-state index is 5.44. The second kappa shape index (κ2) is 7.94. The molecule has 0 radical (unpaired) electrons. The molecule has 1 saturated heterocycles. The third-order valence-electron chi connectivity index (χ3n) is 4.88. The van der Waals surface area contributed by atoms with Crippen molar-refractivity contribution in [3.05, 3.63) is 47.9 Å². The Morgan fingerprint density at radius 3 is 2.56 bits per heavy atom. The Morgan fingerprint density at radius 1 is 1.00 bits per heavy atom. The predicted molar refractivity (Wildman–Crippen MR) is 103 cm³/mol. The summed E-state index contributed by atoms with van der Waals surface area (Å²) in [7, 11) is 0. The van der Waals surface area contributed by atoms with Gasteiger partial charge in [-0.15, -0.1) is 0 Å². The van der Waals surface area contributed by atoms with Gasteiger partial charge in [0.05, 0.1) is 25.5 Å². The van der Waals surface area contributed by atoms with Crippen molar-refractivity contribution in [2.24, 2.45) is 0 Å². The first-order valence-corrected chi connectivity index (χ1v) is 9.31. The number of nitrogens with zero attached hydrogens (tertiary/aromatic N) is 6. The molecule has 0 N–H and O–H groups in total. The van der Waals surface area contributed by atoms with Crippen LogP contribution >= 0.6 is 0 Å². The fraction of sp³-hybridized carbons (Fsp3) is 0.400. The first-order valence-electron chi connectivity index (χ1n) is 9.31. The zero-order valence-corrected chi connectivity index (χ0v) is 15.8. The zero-order valence-electron chi connectivity index (χ0n) is 15.8. The summed E-state index contributed by atoms with van der Waals surface area (Å²) in [6, 6.07) is 8.19. The highest BCUT2D eigenvalue weighted by molar-refractivity contribution is 5.63. The largest absolute Gasteiger partial charge is 0.379 e. The Morgan fingerprint density at radius 2 is 1.78 bits per heavy atom. The van der Waals surface area contributed by atoms with Gasteiger partial charge in [-0.2, -0.15) is 5.10 Å². The Balaban J connectivity index is 1.69. The van der Waals surface area contributed by atoms with Crippen molar-refractivity contribution in [1.29, 1.82) is 0 Å². The molecule has 7 heteroatoms. The lowest BCUT2D eigenvalue weighted by Gasteiger charge is -2.26. The van der Waals surface area contributed by atoms with Crippen LogP contribution in [0.1, 0.15) is 11.3 Å². The van der Waals surface area contributed by atoms with Gasteiger partial charge >= 0.3 is 0 Å². The standard InChI is InChI=1S/C20H24N6O/c1-15-5-3-4-6-17(15)19-23-20(18-16(2)21-7-8-22-18)26(24-19)10-9-25-11-13-27-14-12-25/h3-8H,9-14H2,1-2H3. The van der Waals surface area contributed by atoms with Gasteiger partial charge in [0.2, 0.25) is 0 Å². The van der Waals surface area contributed by atoms with Crippen LogP contribution in [-0.4, -0.2) is 62.5 Å². The van der Waals surface area contributed by atoms with E-state index in [-0.39, 0.29) is 0 Å². The fourth-order valence-corrected chi connectivity index (χ4v) is 3.30. The summed E-state index contributed by atoms with van der Waals surface area (Å²) in [6.45, 7) is 9.20. The van der Waals surface area contributed by atoms with Gasteiger partial charge in [-0.1, -0.05) is 24.3 Å². The maximum atomic E-state index is 5.44. The summed E-state index contributed by atoms with van der Waals surface area (Å²) >= 11 is 0. The lowest BCUT2D eigenvalue weighted by atomic mass is 10.1. The summed E-state index contributed by atoms with van der Waals surface area (Å²) in [5, 5.41) is 4.82. The Labute approximate surface area is 159 Å². The van der Waals surface area contributed by atoms with Crippen LogP contribution in [0.15, 0.2) is 36.7 Å². The van der Waals surface area contributed by atoms with Crippen LogP contribution in [0, 0.1) is 13.8 Å². The number of rotatable bonds is 5. The molecular formula is C20H24N6O. The van der Waals surface area contributed by atoms with Gasteiger partial charge in [0.1, 0.15) is 5.69 Å². The molecule has 27 heavy (non-hydrogen) atoms. The summed E-state index contributed by atoms with van der Waals surface area (Å²) in [5.41, 5.74) is 3.84. The van der Waals surface area contributed by atoms with E-state index in [1.54, 1.807) is 12.4 Å². The Hall–Kier alpha value is -2.64. The van der Waals surface area contributed by atoms with E-state index >= 15 is 0 Å². The second-order valence-electron chi connectivity index (χ2n) is 6.74. The molecule has 1 fully saturated rings. The van der Waals surface area contributed by atoms with Crippen LogP contribution < -0.4 is 0 Å². The van der Waals surface area contributed by atoms with Crippen LogP contribution in [0.2, 0.25) is 0 Å². The molecule has 4 rings (SSSR count). The Bertz CT molecular complexity index is 916. The lowest BCUT2D eigenvalue weighted by Crippen LogP contribution is -2.38. The van der Waals surface area contributed by atoms with E-state index in [2.05, 4.69) is 33.9 Å². The monoisotopic (exact) mass is 364 g/mol. The lowest BCUT2D eigenvalue weighted by molar-refractivity contribution is 0.0360. The first-order chi connectivity index (χ1) is 13.2. The van der Waals surface area contributed by atoms with Crippen molar-refractivity contribution in [2.75, 3.05) is 32.8 Å². The molecule has 1 aliphatic rings. The molecule has 0 unspecified atom stereocenters. The second-order valence-corrected chi connectivity index (χ2v) is 6.74. The molecule has 0 amide bonds. The average molecular weight is 364 g/mol. The highest BCUT2D eigenvalue weighted by atomic mass is 16.5. The molecule has 1 aliphatic heterocycles. The SMILES string of the molecule is Cc1ccccc1-c1nc(-c2nccnc2C)n(CCN2CCOCC2)n1. The van der Waals surface area contributed by atoms with Crippen molar-refractivity contribution < 1.29 is 4.74 Å². The van der Waals surface area contributed by atoms with Crippen LogP contribution in [0.4, 0.5) is 0 Å². The third-order valence-corrected chi connectivity index (χ3v) is 4.88. The highest BCUT2D eigenvalue weighted by Gasteiger charge is 2.19. The van der Waals surface area contributed by atoms with Gasteiger partial charge in [-0.05, 0) is 19.4 Å². The van der Waals surface area contributed by atoms with Gasteiger partial charge < -0.3 is 4.74 Å². The molecule has 1 aromatic carbocycles. The van der Waals surface area contributed by atoms with Crippen LogP contribution in [-0.2, 0) is 11.3 Å². The van der Waals surface area contributed by atoms with Gasteiger partial charge in [0.15, 0.2) is 11.6 Å². The van der Waals surface area contributed by atoms with E-state index in [1.807, 2.05) is 23.7 Å². The van der Waals surface area contributed by atoms with E-state index in [1.165, 1.54) is 0 Å². The van der Waals surface area contributed by atoms with E-state index in [4.69, 9.17) is 14.8 Å². The minimum absolute atomic E-state index is 0.732. The van der Waals surface area contributed by atoms with Crippen LogP contribution in [0.25, 0.3) is 22.9 Å². The van der Waals surface area contributed by atoms with E-state index < -0.39 is 0 Å². The summed E-state index contributed by atoms with van der Waals surface area (Å²) in [5.74, 6) is 1.50. The molecule has 0 bridgehead atoms. The van der Waals surface area contributed by atoms with Gasteiger partial charge in [0, 0.05) is 37.6 Å². The number of hydrogen-bond acceptors (Lipinski definition) is 6. The van der Waals surface area contributed by atoms with Gasteiger partial charge in [0.25, 0.3) is 0 Å². The average Bonchev–Trinajstić information content (AvgIpc) is 3.11. The quantitative estimate of drug-likeness (QED) is 0.692. The number of morpholine rings is 1. The minimum atomic E-state index is 0.732. The van der Waals surface area contributed by atoms with Gasteiger partial charge in [-0.3, -0.25) is 9.88 Å². The number of ether oxygens (including phenoxy) is 1. The summed E-state index contributed by atoms with van der Waals surface area (Å²) in [6.07, 6.45) is 3.41. The molecule has 3 heterocycles. The van der Waals surface area contributed by atoms with Gasteiger partial charge in [-0.25, -0.2) is 14.6 Å². The first kappa shape index (κ1) is 17.8. The minimum Gasteiger partial charge on any atom is -0.379 e. The fourth-order valence-electron chi connectivity index (χ4n) is 3.30. The highest BCUT2D eigenvalue weighted by Crippen LogP contribution is 2.24. The Kier molecular flexibility index (Phi) is 5.22. The molecule has 0 atom stereocenters. The molecule has 7 nitrogen and oxygen atoms in total. The number of benzene rings is 1. The predicted octanol–water partition coefficient (Wildman–Crippen LogP) is 2.35. The molecule has 0 spiro atoms. The van der Waals surface area contributed by atoms with E-state index in [9.17, 15) is 0 Å². The third kappa shape index (κ3) is 3.89. The van der Waals surface area contributed by atoms with Crippen molar-refractivity contribution in [2.45, 2.75) is 20.4 Å². The topological polar surface area (TPSA) is 69.0 Å². The van der Waals surface area contributed by atoms with Crippen molar-refractivity contribution in [3.8, 4) is 22.9 Å². The smallest absolute Gasteiger partial charge is 0.182 e.